The van der Waals surface area contributed by atoms with Gasteiger partial charge in [-0.05, 0) is 55.8 Å². The molecule has 1 aliphatic heterocycles. The first-order chi connectivity index (χ1) is 8.88. The second-order valence-electron chi connectivity index (χ2n) is 5.11. The Morgan fingerprint density at radius 1 is 1.33 bits per heavy atom. The second-order valence-corrected chi connectivity index (χ2v) is 5.11. The molecule has 1 saturated heterocycles. The number of nitrogens with one attached hydrogen (secondary N) is 1. The maximum Gasteiger partial charge on any atom is 0.0468 e. The van der Waals surface area contributed by atoms with Gasteiger partial charge in [0.25, 0.3) is 0 Å². The number of likely N-dealkylation sites (N-methyl/N-ethyl adjacent to an activating group) is 1. The summed E-state index contributed by atoms with van der Waals surface area (Å²) in [5.74, 6) is 0.824. The molecule has 2 heterocycles. The Balaban J connectivity index is 1.86. The van der Waals surface area contributed by atoms with E-state index in [0.29, 0.717) is 6.04 Å². The van der Waals surface area contributed by atoms with Crippen molar-refractivity contribution in [1.29, 1.82) is 0 Å². The zero-order valence-electron chi connectivity index (χ0n) is 11.3. The third-order valence-electron chi connectivity index (χ3n) is 3.68. The highest BCUT2D eigenvalue weighted by Gasteiger charge is 2.18. The number of rotatable bonds is 6. The summed E-state index contributed by atoms with van der Waals surface area (Å²) in [6.07, 6.45) is 8.57. The molecule has 0 aliphatic carbocycles. The van der Waals surface area contributed by atoms with E-state index in [1.54, 1.807) is 0 Å². The quantitative estimate of drug-likeness (QED) is 0.839. The number of aromatic nitrogens is 1. The first-order valence-corrected chi connectivity index (χ1v) is 7.08. The molecule has 0 bridgehead atoms. The number of pyridine rings is 1. The number of ether oxygens (including phenoxy) is 1. The molecule has 100 valence electrons. The fourth-order valence-electron chi connectivity index (χ4n) is 2.72. The summed E-state index contributed by atoms with van der Waals surface area (Å²) in [6.45, 7) is 5.11. The van der Waals surface area contributed by atoms with Gasteiger partial charge in [-0.1, -0.05) is 6.92 Å². The monoisotopic (exact) mass is 248 g/mol. The van der Waals surface area contributed by atoms with E-state index in [9.17, 15) is 0 Å². The van der Waals surface area contributed by atoms with Gasteiger partial charge >= 0.3 is 0 Å². The molecule has 0 amide bonds. The molecule has 1 unspecified atom stereocenters. The second kappa shape index (κ2) is 7.49. The molecule has 1 aromatic heterocycles. The highest BCUT2D eigenvalue weighted by Crippen LogP contribution is 2.21. The van der Waals surface area contributed by atoms with Crippen LogP contribution >= 0.6 is 0 Å². The smallest absolute Gasteiger partial charge is 0.0468 e. The van der Waals surface area contributed by atoms with Crippen LogP contribution in [0.2, 0.25) is 0 Å². The first-order valence-electron chi connectivity index (χ1n) is 7.08. The van der Waals surface area contributed by atoms with Crippen molar-refractivity contribution in [3.8, 4) is 0 Å². The fraction of sp³-hybridized carbons (Fsp3) is 0.667. The zero-order valence-corrected chi connectivity index (χ0v) is 11.3. The highest BCUT2D eigenvalue weighted by molar-refractivity contribution is 5.11. The average Bonchev–Trinajstić information content (AvgIpc) is 2.41. The van der Waals surface area contributed by atoms with Crippen molar-refractivity contribution in [1.82, 2.24) is 10.3 Å². The summed E-state index contributed by atoms with van der Waals surface area (Å²) >= 11 is 0. The summed E-state index contributed by atoms with van der Waals surface area (Å²) in [5.41, 5.74) is 1.38. The minimum atomic E-state index is 0.584. The van der Waals surface area contributed by atoms with Gasteiger partial charge in [0, 0.05) is 31.6 Å². The molecule has 0 aromatic carbocycles. The molecule has 1 atom stereocenters. The molecule has 1 aromatic rings. The van der Waals surface area contributed by atoms with Crippen molar-refractivity contribution in [2.75, 3.05) is 19.8 Å². The van der Waals surface area contributed by atoms with Crippen LogP contribution in [-0.2, 0) is 11.2 Å². The molecule has 3 heteroatoms. The largest absolute Gasteiger partial charge is 0.381 e. The van der Waals surface area contributed by atoms with E-state index in [4.69, 9.17) is 4.74 Å². The summed E-state index contributed by atoms with van der Waals surface area (Å²) in [5, 5.41) is 3.62. The van der Waals surface area contributed by atoms with E-state index in [2.05, 4.69) is 29.4 Å². The van der Waals surface area contributed by atoms with E-state index in [-0.39, 0.29) is 0 Å². The SMILES string of the molecule is CCNC(Cc1ccncc1)CC1CCOCC1. The van der Waals surface area contributed by atoms with Crippen LogP contribution in [0.3, 0.4) is 0 Å². The standard InChI is InChI=1S/C15H24N2O/c1-2-17-15(11-13-3-7-16-8-4-13)12-14-5-9-18-10-6-14/h3-4,7-8,14-15,17H,2,5-6,9-12H2,1H3. The Bertz CT molecular complexity index is 323. The molecule has 3 nitrogen and oxygen atoms in total. The van der Waals surface area contributed by atoms with Crippen LogP contribution in [0.25, 0.3) is 0 Å². The lowest BCUT2D eigenvalue weighted by molar-refractivity contribution is 0.0606. The number of nitrogens with zero attached hydrogens (tertiary/aromatic N) is 1. The predicted octanol–water partition coefficient (Wildman–Crippen LogP) is 2.42. The third-order valence-corrected chi connectivity index (χ3v) is 3.68. The van der Waals surface area contributed by atoms with Crippen LogP contribution < -0.4 is 5.32 Å². The Labute approximate surface area is 110 Å². The van der Waals surface area contributed by atoms with E-state index in [1.807, 2.05) is 12.4 Å². The van der Waals surface area contributed by atoms with Gasteiger partial charge in [0.2, 0.25) is 0 Å². The van der Waals surface area contributed by atoms with Crippen LogP contribution in [0, 0.1) is 5.92 Å². The highest BCUT2D eigenvalue weighted by atomic mass is 16.5. The average molecular weight is 248 g/mol. The number of hydrogen-bond acceptors (Lipinski definition) is 3. The minimum Gasteiger partial charge on any atom is -0.381 e. The van der Waals surface area contributed by atoms with E-state index < -0.39 is 0 Å². The Hall–Kier alpha value is -0.930. The van der Waals surface area contributed by atoms with Crippen molar-refractivity contribution >= 4 is 0 Å². The molecule has 1 N–H and O–H groups in total. The molecular formula is C15H24N2O. The Kier molecular flexibility index (Phi) is 5.62. The molecular weight excluding hydrogens is 224 g/mol. The lowest BCUT2D eigenvalue weighted by Gasteiger charge is -2.27. The lowest BCUT2D eigenvalue weighted by atomic mass is 9.90. The van der Waals surface area contributed by atoms with E-state index in [1.165, 1.54) is 24.8 Å². The van der Waals surface area contributed by atoms with Crippen molar-refractivity contribution in [2.45, 2.75) is 38.6 Å². The number of hydrogen-bond donors (Lipinski definition) is 1. The zero-order chi connectivity index (χ0) is 12.6. The Morgan fingerprint density at radius 3 is 2.72 bits per heavy atom. The van der Waals surface area contributed by atoms with Gasteiger partial charge < -0.3 is 10.1 Å². The summed E-state index contributed by atoms with van der Waals surface area (Å²) < 4.78 is 5.43. The topological polar surface area (TPSA) is 34.2 Å². The molecule has 0 saturated carbocycles. The van der Waals surface area contributed by atoms with Crippen LogP contribution in [-0.4, -0.2) is 30.8 Å². The van der Waals surface area contributed by atoms with Crippen molar-refractivity contribution in [3.05, 3.63) is 30.1 Å². The summed E-state index contributed by atoms with van der Waals surface area (Å²) in [7, 11) is 0. The fourth-order valence-corrected chi connectivity index (χ4v) is 2.72. The van der Waals surface area contributed by atoms with Crippen molar-refractivity contribution in [3.63, 3.8) is 0 Å². The minimum absolute atomic E-state index is 0.584. The molecule has 18 heavy (non-hydrogen) atoms. The first kappa shape index (κ1) is 13.5. The summed E-state index contributed by atoms with van der Waals surface area (Å²) in [6, 6.07) is 4.82. The predicted molar refractivity (Wildman–Crippen MR) is 73.6 cm³/mol. The van der Waals surface area contributed by atoms with E-state index >= 15 is 0 Å². The summed E-state index contributed by atoms with van der Waals surface area (Å²) in [4.78, 5) is 4.08. The van der Waals surface area contributed by atoms with Crippen LogP contribution in [0.5, 0.6) is 0 Å². The van der Waals surface area contributed by atoms with Crippen molar-refractivity contribution < 1.29 is 4.74 Å². The molecule has 0 radical (unpaired) electrons. The van der Waals surface area contributed by atoms with Crippen LogP contribution in [0.4, 0.5) is 0 Å². The van der Waals surface area contributed by atoms with Gasteiger partial charge in [0.15, 0.2) is 0 Å². The molecule has 1 fully saturated rings. The molecule has 2 rings (SSSR count). The lowest BCUT2D eigenvalue weighted by Crippen LogP contribution is -2.34. The Morgan fingerprint density at radius 2 is 2.06 bits per heavy atom. The maximum atomic E-state index is 5.43. The van der Waals surface area contributed by atoms with Crippen LogP contribution in [0.15, 0.2) is 24.5 Å². The van der Waals surface area contributed by atoms with E-state index in [0.717, 1.165) is 32.1 Å². The van der Waals surface area contributed by atoms with Gasteiger partial charge in [-0.25, -0.2) is 0 Å². The van der Waals surface area contributed by atoms with Gasteiger partial charge in [0.1, 0.15) is 0 Å². The van der Waals surface area contributed by atoms with Gasteiger partial charge in [-0.3, -0.25) is 4.98 Å². The normalized spacial score (nSPS) is 18.7. The molecule has 0 spiro atoms. The molecule has 1 aliphatic rings. The van der Waals surface area contributed by atoms with Gasteiger partial charge in [0.05, 0.1) is 0 Å². The third kappa shape index (κ3) is 4.39. The van der Waals surface area contributed by atoms with Gasteiger partial charge in [-0.15, -0.1) is 0 Å². The van der Waals surface area contributed by atoms with Crippen molar-refractivity contribution in [2.24, 2.45) is 5.92 Å². The van der Waals surface area contributed by atoms with Crippen LogP contribution in [0.1, 0.15) is 31.7 Å². The van der Waals surface area contributed by atoms with Gasteiger partial charge in [-0.2, -0.15) is 0 Å². The maximum absolute atomic E-state index is 5.43.